The number of carbonyl (C=O) groups excluding carboxylic acids is 1. The molecular weight excluding hydrogens is 442 g/mol. The fourth-order valence-corrected chi connectivity index (χ4v) is 3.95. The zero-order valence-corrected chi connectivity index (χ0v) is 20.3. The Hall–Kier alpha value is -4.26. The summed E-state index contributed by atoms with van der Waals surface area (Å²) in [7, 11) is 3.16. The number of hydrogen-bond acceptors (Lipinski definition) is 5. The van der Waals surface area contributed by atoms with Crippen molar-refractivity contribution < 1.29 is 14.3 Å². The number of pyridine rings is 1. The van der Waals surface area contributed by atoms with Crippen LogP contribution in [0, 0.1) is 13.8 Å². The summed E-state index contributed by atoms with van der Waals surface area (Å²) in [4.78, 5) is 26.3. The van der Waals surface area contributed by atoms with Crippen LogP contribution in [0.2, 0.25) is 0 Å². The number of aromatic nitrogens is 1. The molecule has 0 bridgehead atoms. The van der Waals surface area contributed by atoms with Crippen LogP contribution < -0.4 is 25.7 Å². The molecule has 0 saturated heterocycles. The summed E-state index contributed by atoms with van der Waals surface area (Å²) < 4.78 is 12.2. The predicted molar refractivity (Wildman–Crippen MR) is 140 cm³/mol. The zero-order chi connectivity index (χ0) is 24.9. The highest BCUT2D eigenvalue weighted by Gasteiger charge is 2.14. The summed E-state index contributed by atoms with van der Waals surface area (Å²) in [5.41, 5.74) is 4.67. The van der Waals surface area contributed by atoms with Gasteiger partial charge in [0, 0.05) is 29.5 Å². The van der Waals surface area contributed by atoms with Gasteiger partial charge in [-0.2, -0.15) is 0 Å². The second kappa shape index (κ2) is 10.3. The molecule has 1 amide bonds. The minimum absolute atomic E-state index is 0.0864. The smallest absolute Gasteiger partial charge is 0.256 e. The molecule has 7 heteroatoms. The average molecular weight is 472 g/mol. The Balaban J connectivity index is 1.63. The van der Waals surface area contributed by atoms with Crippen LogP contribution in [0.15, 0.2) is 71.5 Å². The number of carbonyl (C=O) groups is 1. The molecule has 0 fully saturated rings. The van der Waals surface area contributed by atoms with Crippen molar-refractivity contribution in [1.29, 1.82) is 0 Å². The van der Waals surface area contributed by atoms with Gasteiger partial charge >= 0.3 is 0 Å². The number of fused-ring (bicyclic) bond motifs is 1. The van der Waals surface area contributed by atoms with E-state index in [4.69, 9.17) is 9.47 Å². The van der Waals surface area contributed by atoms with E-state index in [2.05, 4.69) is 10.6 Å². The number of rotatable bonds is 8. The number of nitrogens with zero attached hydrogens (tertiary/aromatic N) is 1. The lowest BCUT2D eigenvalue weighted by Gasteiger charge is -2.15. The van der Waals surface area contributed by atoms with E-state index >= 15 is 0 Å². The number of hydrogen-bond donors (Lipinski definition) is 2. The lowest BCUT2D eigenvalue weighted by molar-refractivity contribution is -0.116. The Kier molecular flexibility index (Phi) is 7.06. The van der Waals surface area contributed by atoms with Crippen LogP contribution in [0.1, 0.15) is 16.7 Å². The Bertz CT molecular complexity index is 1430. The molecule has 0 radical (unpaired) electrons. The van der Waals surface area contributed by atoms with E-state index in [1.807, 2.05) is 74.5 Å². The first kappa shape index (κ1) is 23.9. The minimum Gasteiger partial charge on any atom is -0.493 e. The summed E-state index contributed by atoms with van der Waals surface area (Å²) in [6, 6.07) is 20.8. The molecule has 0 aliphatic carbocycles. The second-order valence-electron chi connectivity index (χ2n) is 8.46. The molecule has 1 heterocycles. The highest BCUT2D eigenvalue weighted by molar-refractivity contribution is 5.92. The van der Waals surface area contributed by atoms with Crippen LogP contribution >= 0.6 is 0 Å². The summed E-state index contributed by atoms with van der Waals surface area (Å²) in [5.74, 6) is 0.960. The van der Waals surface area contributed by atoms with Crippen LogP contribution in [0.4, 0.5) is 11.4 Å². The second-order valence-corrected chi connectivity index (χ2v) is 8.46. The van der Waals surface area contributed by atoms with Gasteiger partial charge in [0.15, 0.2) is 11.5 Å². The first-order valence-corrected chi connectivity index (χ1v) is 11.3. The number of amides is 1. The van der Waals surface area contributed by atoms with Crippen molar-refractivity contribution in [3.05, 3.63) is 93.8 Å². The van der Waals surface area contributed by atoms with Crippen LogP contribution in [0.3, 0.4) is 0 Å². The number of nitrogens with one attached hydrogen (secondary N) is 2. The highest BCUT2D eigenvalue weighted by atomic mass is 16.5. The van der Waals surface area contributed by atoms with Gasteiger partial charge in [-0.3, -0.25) is 14.2 Å². The van der Waals surface area contributed by atoms with Crippen molar-refractivity contribution in [2.24, 2.45) is 0 Å². The van der Waals surface area contributed by atoms with Crippen molar-refractivity contribution in [2.75, 3.05) is 24.9 Å². The topological polar surface area (TPSA) is 81.6 Å². The lowest BCUT2D eigenvalue weighted by atomic mass is 10.1. The van der Waals surface area contributed by atoms with Crippen molar-refractivity contribution in [2.45, 2.75) is 26.9 Å². The molecule has 180 valence electrons. The third kappa shape index (κ3) is 5.46. The molecule has 0 aliphatic rings. The van der Waals surface area contributed by atoms with Gasteiger partial charge in [0.1, 0.15) is 6.54 Å². The first-order chi connectivity index (χ1) is 16.9. The van der Waals surface area contributed by atoms with Crippen molar-refractivity contribution >= 4 is 28.2 Å². The summed E-state index contributed by atoms with van der Waals surface area (Å²) in [5, 5.41) is 7.06. The molecule has 35 heavy (non-hydrogen) atoms. The third-order valence-electron chi connectivity index (χ3n) is 5.83. The highest BCUT2D eigenvalue weighted by Crippen LogP contribution is 2.30. The van der Waals surface area contributed by atoms with Gasteiger partial charge in [0.2, 0.25) is 5.91 Å². The lowest BCUT2D eigenvalue weighted by Crippen LogP contribution is -2.30. The molecule has 4 rings (SSSR count). The molecule has 4 aromatic rings. The van der Waals surface area contributed by atoms with Crippen molar-refractivity contribution in [3.63, 3.8) is 0 Å². The first-order valence-electron chi connectivity index (χ1n) is 11.3. The SMILES string of the molecule is COc1ccc(NCc2cc3ccc(C)cc3n(CC(=O)Nc3ccc(C)cc3)c2=O)cc1OC. The molecule has 0 atom stereocenters. The zero-order valence-electron chi connectivity index (χ0n) is 20.3. The summed E-state index contributed by atoms with van der Waals surface area (Å²) >= 11 is 0. The van der Waals surface area contributed by atoms with Gasteiger partial charge in [-0.15, -0.1) is 0 Å². The van der Waals surface area contributed by atoms with E-state index in [1.165, 1.54) is 4.57 Å². The maximum atomic E-state index is 13.5. The molecule has 0 saturated carbocycles. The Morgan fingerprint density at radius 1 is 0.829 bits per heavy atom. The molecule has 0 aliphatic heterocycles. The van der Waals surface area contributed by atoms with Gasteiger partial charge in [-0.1, -0.05) is 29.8 Å². The van der Waals surface area contributed by atoms with E-state index in [0.29, 0.717) is 22.7 Å². The van der Waals surface area contributed by atoms with Gasteiger partial charge in [0.05, 0.1) is 19.7 Å². The number of ether oxygens (including phenoxy) is 2. The minimum atomic E-state index is -0.260. The summed E-state index contributed by atoms with van der Waals surface area (Å²) in [6.45, 7) is 4.16. The number of anilines is 2. The van der Waals surface area contributed by atoms with E-state index in [1.54, 1.807) is 20.3 Å². The quantitative estimate of drug-likeness (QED) is 0.383. The van der Waals surface area contributed by atoms with Crippen LogP contribution in [0.5, 0.6) is 11.5 Å². The van der Waals surface area contributed by atoms with Gasteiger partial charge in [-0.05, 0) is 61.2 Å². The number of aryl methyl sites for hydroxylation is 2. The molecule has 7 nitrogen and oxygen atoms in total. The van der Waals surface area contributed by atoms with E-state index in [-0.39, 0.29) is 24.6 Å². The Labute approximate surface area is 204 Å². The normalized spacial score (nSPS) is 10.7. The monoisotopic (exact) mass is 471 g/mol. The van der Waals surface area contributed by atoms with E-state index in [9.17, 15) is 9.59 Å². The number of benzene rings is 3. The third-order valence-corrected chi connectivity index (χ3v) is 5.83. The van der Waals surface area contributed by atoms with Gasteiger partial charge in [0.25, 0.3) is 5.56 Å². The fourth-order valence-electron chi connectivity index (χ4n) is 3.95. The number of methoxy groups -OCH3 is 2. The van der Waals surface area contributed by atoms with Crippen LogP contribution in [-0.2, 0) is 17.9 Å². The van der Waals surface area contributed by atoms with Crippen LogP contribution in [0.25, 0.3) is 10.9 Å². The molecular formula is C28H29N3O4. The molecule has 1 aromatic heterocycles. The predicted octanol–water partition coefficient (Wildman–Crippen LogP) is 4.89. The molecule has 3 aromatic carbocycles. The summed E-state index contributed by atoms with van der Waals surface area (Å²) in [6.07, 6.45) is 0. The van der Waals surface area contributed by atoms with E-state index < -0.39 is 0 Å². The Morgan fingerprint density at radius 2 is 1.51 bits per heavy atom. The van der Waals surface area contributed by atoms with Gasteiger partial charge in [-0.25, -0.2) is 0 Å². The van der Waals surface area contributed by atoms with Crippen molar-refractivity contribution in [1.82, 2.24) is 4.57 Å². The van der Waals surface area contributed by atoms with E-state index in [0.717, 1.165) is 27.7 Å². The van der Waals surface area contributed by atoms with Gasteiger partial charge < -0.3 is 20.1 Å². The molecule has 0 unspecified atom stereocenters. The largest absolute Gasteiger partial charge is 0.493 e. The molecule has 0 spiro atoms. The Morgan fingerprint density at radius 3 is 2.23 bits per heavy atom. The maximum Gasteiger partial charge on any atom is 0.256 e. The molecule has 2 N–H and O–H groups in total. The van der Waals surface area contributed by atoms with Crippen molar-refractivity contribution in [3.8, 4) is 11.5 Å². The fraction of sp³-hybridized carbons (Fsp3) is 0.214. The standard InChI is InChI=1S/C28H29N3O4/c1-18-6-9-22(10-7-18)30-27(32)17-31-24-13-19(2)5-8-20(24)14-21(28(31)33)16-29-23-11-12-25(34-3)26(15-23)35-4/h5-15,29H,16-17H2,1-4H3,(H,30,32). The maximum absolute atomic E-state index is 13.5. The van der Waals surface area contributed by atoms with Crippen LogP contribution in [-0.4, -0.2) is 24.7 Å². The average Bonchev–Trinajstić information content (AvgIpc) is 2.86.